The average molecular weight is 399 g/mol. The lowest BCUT2D eigenvalue weighted by molar-refractivity contribution is -0.0503. The first-order valence-electron chi connectivity index (χ1n) is 13.5. The molecule has 0 saturated heterocycles. The van der Waals surface area contributed by atoms with Gasteiger partial charge in [-0.3, -0.25) is 0 Å². The standard InChI is InChI=1S/C29H50/c1-7-22(20(2)3)12-11-21(4)25-15-16-26-24-14-13-23-10-8-9-18-28(23,5)27(24)17-19-29(25,26)6/h13,20-22,24-27H,7-12,14-19H2,1-6H3. The maximum Gasteiger partial charge on any atom is -0.00853 e. The summed E-state index contributed by atoms with van der Waals surface area (Å²) in [5.74, 6) is 6.71. The summed E-state index contributed by atoms with van der Waals surface area (Å²) in [6.07, 6.45) is 20.4. The Balaban J connectivity index is 1.47. The third-order valence-corrected chi connectivity index (χ3v) is 11.2. The van der Waals surface area contributed by atoms with Gasteiger partial charge in [0.25, 0.3) is 0 Å². The molecule has 4 rings (SSSR count). The van der Waals surface area contributed by atoms with Gasteiger partial charge >= 0.3 is 0 Å². The van der Waals surface area contributed by atoms with Gasteiger partial charge in [-0.15, -0.1) is 0 Å². The van der Waals surface area contributed by atoms with E-state index in [4.69, 9.17) is 0 Å². The molecule has 4 aliphatic carbocycles. The van der Waals surface area contributed by atoms with E-state index < -0.39 is 0 Å². The van der Waals surface area contributed by atoms with E-state index >= 15 is 0 Å². The first kappa shape index (κ1) is 22.0. The van der Waals surface area contributed by atoms with Gasteiger partial charge in [0.05, 0.1) is 0 Å². The lowest BCUT2D eigenvalue weighted by atomic mass is 9.47. The predicted octanol–water partition coefficient (Wildman–Crippen LogP) is 9.05. The molecular formula is C29H50. The van der Waals surface area contributed by atoms with E-state index in [0.29, 0.717) is 10.8 Å². The molecule has 0 aromatic rings. The van der Waals surface area contributed by atoms with Crippen molar-refractivity contribution in [3.05, 3.63) is 11.6 Å². The van der Waals surface area contributed by atoms with Crippen molar-refractivity contribution in [1.82, 2.24) is 0 Å². The van der Waals surface area contributed by atoms with Crippen LogP contribution in [0.1, 0.15) is 119 Å². The lowest BCUT2D eigenvalue weighted by Gasteiger charge is -2.58. The molecule has 0 heterocycles. The fraction of sp³-hybridized carbons (Fsp3) is 0.931. The van der Waals surface area contributed by atoms with Crippen molar-refractivity contribution in [3.8, 4) is 0 Å². The van der Waals surface area contributed by atoms with Crippen LogP contribution in [0, 0.1) is 52.3 Å². The first-order chi connectivity index (χ1) is 13.8. The Morgan fingerprint density at radius 3 is 2.48 bits per heavy atom. The molecule has 0 aromatic carbocycles. The van der Waals surface area contributed by atoms with Gasteiger partial charge in [0.15, 0.2) is 0 Å². The molecule has 166 valence electrons. The number of hydrogen-bond acceptors (Lipinski definition) is 0. The van der Waals surface area contributed by atoms with Gasteiger partial charge in [0, 0.05) is 0 Å². The maximum atomic E-state index is 2.75. The largest absolute Gasteiger partial charge is 0.0845 e. The van der Waals surface area contributed by atoms with Crippen LogP contribution in [0.25, 0.3) is 0 Å². The van der Waals surface area contributed by atoms with Crippen LogP contribution < -0.4 is 0 Å². The van der Waals surface area contributed by atoms with Gasteiger partial charge < -0.3 is 0 Å². The number of allylic oxidation sites excluding steroid dienone is 2. The van der Waals surface area contributed by atoms with Crippen molar-refractivity contribution in [2.45, 2.75) is 119 Å². The topological polar surface area (TPSA) is 0 Å². The molecule has 8 atom stereocenters. The maximum absolute atomic E-state index is 2.75. The molecule has 0 nitrogen and oxygen atoms in total. The van der Waals surface area contributed by atoms with E-state index in [-0.39, 0.29) is 0 Å². The van der Waals surface area contributed by atoms with Gasteiger partial charge in [-0.1, -0.05) is 72.5 Å². The summed E-state index contributed by atoms with van der Waals surface area (Å²) in [6, 6.07) is 0. The molecule has 0 aliphatic heterocycles. The summed E-state index contributed by atoms with van der Waals surface area (Å²) in [4.78, 5) is 0. The molecule has 3 fully saturated rings. The Hall–Kier alpha value is -0.260. The van der Waals surface area contributed by atoms with E-state index in [1.54, 1.807) is 0 Å². The number of fused-ring (bicyclic) bond motifs is 5. The van der Waals surface area contributed by atoms with Crippen LogP contribution in [0.2, 0.25) is 0 Å². The minimum absolute atomic E-state index is 0.567. The fourth-order valence-corrected chi connectivity index (χ4v) is 9.36. The van der Waals surface area contributed by atoms with Crippen LogP contribution in [-0.4, -0.2) is 0 Å². The molecule has 0 heteroatoms. The van der Waals surface area contributed by atoms with Crippen LogP contribution in [0.15, 0.2) is 11.6 Å². The summed E-state index contributed by atoms with van der Waals surface area (Å²) in [6.45, 7) is 15.3. The Labute approximate surface area is 182 Å². The monoisotopic (exact) mass is 398 g/mol. The van der Waals surface area contributed by atoms with Crippen LogP contribution in [0.3, 0.4) is 0 Å². The van der Waals surface area contributed by atoms with Gasteiger partial charge in [0.2, 0.25) is 0 Å². The summed E-state index contributed by atoms with van der Waals surface area (Å²) in [7, 11) is 0. The lowest BCUT2D eigenvalue weighted by Crippen LogP contribution is -2.50. The van der Waals surface area contributed by atoms with Crippen molar-refractivity contribution >= 4 is 0 Å². The second-order valence-electron chi connectivity index (χ2n) is 12.7. The van der Waals surface area contributed by atoms with Crippen LogP contribution >= 0.6 is 0 Å². The van der Waals surface area contributed by atoms with Crippen molar-refractivity contribution in [3.63, 3.8) is 0 Å². The van der Waals surface area contributed by atoms with Crippen LogP contribution in [-0.2, 0) is 0 Å². The van der Waals surface area contributed by atoms with Crippen LogP contribution in [0.5, 0.6) is 0 Å². The van der Waals surface area contributed by atoms with E-state index in [1.165, 1.54) is 77.0 Å². The van der Waals surface area contributed by atoms with Gasteiger partial charge in [-0.05, 0) is 110 Å². The average Bonchev–Trinajstić information content (AvgIpc) is 3.05. The SMILES string of the molecule is CCC(CCC(C)C1CCC2C3CC=C4CCCCC4(C)C3CCC12C)C(C)C. The van der Waals surface area contributed by atoms with Crippen molar-refractivity contribution in [2.24, 2.45) is 52.3 Å². The molecule has 0 amide bonds. The molecule has 0 N–H and O–H groups in total. The van der Waals surface area contributed by atoms with Crippen molar-refractivity contribution in [2.75, 3.05) is 0 Å². The Bertz CT molecular complexity index is 599. The highest BCUT2D eigenvalue weighted by atomic mass is 14.6. The molecular weight excluding hydrogens is 348 g/mol. The smallest absolute Gasteiger partial charge is 0.00853 e. The Kier molecular flexibility index (Phi) is 6.32. The Morgan fingerprint density at radius 2 is 1.76 bits per heavy atom. The van der Waals surface area contributed by atoms with E-state index in [2.05, 4.69) is 47.6 Å². The van der Waals surface area contributed by atoms with Gasteiger partial charge in [-0.25, -0.2) is 0 Å². The van der Waals surface area contributed by atoms with Crippen molar-refractivity contribution in [1.29, 1.82) is 0 Å². The van der Waals surface area contributed by atoms with E-state index in [1.807, 2.05) is 5.57 Å². The third kappa shape index (κ3) is 3.67. The second-order valence-corrected chi connectivity index (χ2v) is 12.7. The molecule has 0 radical (unpaired) electrons. The summed E-state index contributed by atoms with van der Waals surface area (Å²) in [5.41, 5.74) is 3.07. The molecule has 4 aliphatic rings. The van der Waals surface area contributed by atoms with Crippen LogP contribution in [0.4, 0.5) is 0 Å². The third-order valence-electron chi connectivity index (χ3n) is 11.2. The molecule has 29 heavy (non-hydrogen) atoms. The minimum atomic E-state index is 0.567. The molecule has 0 spiro atoms. The molecule has 3 saturated carbocycles. The highest BCUT2D eigenvalue weighted by Gasteiger charge is 2.58. The Morgan fingerprint density at radius 1 is 0.966 bits per heavy atom. The van der Waals surface area contributed by atoms with E-state index in [9.17, 15) is 0 Å². The first-order valence-corrected chi connectivity index (χ1v) is 13.5. The number of rotatable bonds is 6. The fourth-order valence-electron chi connectivity index (χ4n) is 9.36. The summed E-state index contributed by atoms with van der Waals surface area (Å²) in [5, 5.41) is 0. The zero-order chi connectivity index (χ0) is 20.8. The molecule has 8 unspecified atom stereocenters. The predicted molar refractivity (Wildman–Crippen MR) is 127 cm³/mol. The second kappa shape index (κ2) is 8.35. The minimum Gasteiger partial charge on any atom is -0.0845 e. The zero-order valence-corrected chi connectivity index (χ0v) is 20.6. The zero-order valence-electron chi connectivity index (χ0n) is 20.6. The molecule has 0 bridgehead atoms. The van der Waals surface area contributed by atoms with Crippen molar-refractivity contribution < 1.29 is 0 Å². The number of hydrogen-bond donors (Lipinski definition) is 0. The van der Waals surface area contributed by atoms with Gasteiger partial charge in [-0.2, -0.15) is 0 Å². The highest BCUT2D eigenvalue weighted by molar-refractivity contribution is 5.24. The summed E-state index contributed by atoms with van der Waals surface area (Å²) >= 11 is 0. The molecule has 0 aromatic heterocycles. The van der Waals surface area contributed by atoms with Gasteiger partial charge in [0.1, 0.15) is 0 Å². The highest BCUT2D eigenvalue weighted by Crippen LogP contribution is 2.67. The quantitative estimate of drug-likeness (QED) is 0.391. The normalized spacial score (nSPS) is 43.9. The van der Waals surface area contributed by atoms with E-state index in [0.717, 1.165) is 41.4 Å². The summed E-state index contributed by atoms with van der Waals surface area (Å²) < 4.78 is 0.